The van der Waals surface area contributed by atoms with Gasteiger partial charge >= 0.3 is 0 Å². The number of anilines is 1. The maximum absolute atomic E-state index is 12.4. The van der Waals surface area contributed by atoms with E-state index < -0.39 is 0 Å². The van der Waals surface area contributed by atoms with E-state index in [0.717, 1.165) is 41.6 Å². The predicted octanol–water partition coefficient (Wildman–Crippen LogP) is 4.94. The van der Waals surface area contributed by atoms with Crippen LogP contribution in [0.5, 0.6) is 0 Å². The smallest absolute Gasteiger partial charge is 0.228 e. The topological polar surface area (TPSA) is 42.0 Å². The number of aryl methyl sites for hydroxylation is 1. The number of carbonyl (C=O) groups is 1. The van der Waals surface area contributed by atoms with Crippen LogP contribution < -0.4 is 5.32 Å². The first-order chi connectivity index (χ1) is 9.77. The molecule has 0 unspecified atom stereocenters. The first kappa shape index (κ1) is 16.5. The van der Waals surface area contributed by atoms with Crippen LogP contribution >= 0.6 is 15.9 Å². The second kappa shape index (κ2) is 6.47. The second-order valence-corrected chi connectivity index (χ2v) is 8.08. The molecule has 1 fully saturated rings. The van der Waals surface area contributed by atoms with Gasteiger partial charge in [0.25, 0.3) is 0 Å². The number of rotatable bonds is 2. The fourth-order valence-electron chi connectivity index (χ4n) is 3.06. The molecule has 0 atom stereocenters. The highest BCUT2D eigenvalue weighted by Crippen LogP contribution is 2.40. The van der Waals surface area contributed by atoms with Crippen LogP contribution in [0.1, 0.15) is 52.0 Å². The van der Waals surface area contributed by atoms with E-state index in [4.69, 9.17) is 0 Å². The van der Waals surface area contributed by atoms with Gasteiger partial charge < -0.3 is 5.32 Å². The average molecular weight is 353 g/mol. The van der Waals surface area contributed by atoms with Crippen molar-refractivity contribution in [3.63, 3.8) is 0 Å². The molecule has 1 N–H and O–H groups in total. The number of amides is 1. The molecule has 1 aromatic rings. The van der Waals surface area contributed by atoms with Gasteiger partial charge in [-0.2, -0.15) is 0 Å². The van der Waals surface area contributed by atoms with Crippen LogP contribution in [0.2, 0.25) is 0 Å². The zero-order valence-electron chi connectivity index (χ0n) is 13.4. The fourth-order valence-corrected chi connectivity index (χ4v) is 3.27. The van der Waals surface area contributed by atoms with Crippen LogP contribution in [0.4, 0.5) is 5.82 Å². The van der Waals surface area contributed by atoms with Gasteiger partial charge in [0.15, 0.2) is 0 Å². The minimum Gasteiger partial charge on any atom is -0.310 e. The quantitative estimate of drug-likeness (QED) is 0.818. The minimum absolute atomic E-state index is 0.122. The lowest BCUT2D eigenvalue weighted by atomic mass is 9.69. The summed E-state index contributed by atoms with van der Waals surface area (Å²) in [6, 6.07) is 1.91. The van der Waals surface area contributed by atoms with Gasteiger partial charge in [0.2, 0.25) is 5.91 Å². The van der Waals surface area contributed by atoms with Crippen LogP contribution in [0.3, 0.4) is 0 Å². The predicted molar refractivity (Wildman–Crippen MR) is 90.2 cm³/mol. The normalized spacial score (nSPS) is 22.9. The summed E-state index contributed by atoms with van der Waals surface area (Å²) < 4.78 is 0.964. The molecule has 0 saturated heterocycles. The SMILES string of the molecule is Cc1cc(NC(=O)C2CCC(C(C)(C)C)CC2)ncc1Br. The van der Waals surface area contributed by atoms with Gasteiger partial charge in [-0.3, -0.25) is 4.79 Å². The van der Waals surface area contributed by atoms with Crippen LogP contribution in [0.25, 0.3) is 0 Å². The van der Waals surface area contributed by atoms with E-state index in [1.54, 1.807) is 6.20 Å². The highest BCUT2D eigenvalue weighted by Gasteiger charge is 2.32. The number of nitrogens with one attached hydrogen (secondary N) is 1. The zero-order valence-corrected chi connectivity index (χ0v) is 15.0. The van der Waals surface area contributed by atoms with E-state index in [1.165, 1.54) is 0 Å². The number of hydrogen-bond acceptors (Lipinski definition) is 2. The summed E-state index contributed by atoms with van der Waals surface area (Å²) in [4.78, 5) is 16.6. The monoisotopic (exact) mass is 352 g/mol. The molecule has 4 heteroatoms. The molecule has 1 heterocycles. The Morgan fingerprint density at radius 2 is 1.90 bits per heavy atom. The molecule has 0 aliphatic heterocycles. The number of aromatic nitrogens is 1. The molecule has 21 heavy (non-hydrogen) atoms. The Hall–Kier alpha value is -0.900. The van der Waals surface area contributed by atoms with Crippen molar-refractivity contribution in [3.8, 4) is 0 Å². The third kappa shape index (κ3) is 4.29. The van der Waals surface area contributed by atoms with Gasteiger partial charge in [0.05, 0.1) is 0 Å². The van der Waals surface area contributed by atoms with E-state index >= 15 is 0 Å². The van der Waals surface area contributed by atoms with E-state index in [2.05, 4.69) is 47.0 Å². The Labute approximate surface area is 136 Å². The van der Waals surface area contributed by atoms with E-state index in [9.17, 15) is 4.79 Å². The van der Waals surface area contributed by atoms with Crippen molar-refractivity contribution in [3.05, 3.63) is 22.3 Å². The van der Waals surface area contributed by atoms with Crippen molar-refractivity contribution < 1.29 is 4.79 Å². The summed E-state index contributed by atoms with van der Waals surface area (Å²) >= 11 is 3.42. The van der Waals surface area contributed by atoms with E-state index in [1.807, 2.05) is 13.0 Å². The molecule has 0 radical (unpaired) electrons. The Bertz CT molecular complexity index is 514. The molecule has 116 valence electrons. The number of halogens is 1. The number of nitrogens with zero attached hydrogens (tertiary/aromatic N) is 1. The van der Waals surface area contributed by atoms with Crippen LogP contribution in [0, 0.1) is 24.2 Å². The Balaban J connectivity index is 1.92. The third-order valence-electron chi connectivity index (χ3n) is 4.62. The summed E-state index contributed by atoms with van der Waals surface area (Å²) in [7, 11) is 0. The van der Waals surface area contributed by atoms with Crippen LogP contribution in [-0.4, -0.2) is 10.9 Å². The maximum Gasteiger partial charge on any atom is 0.228 e. The Morgan fingerprint density at radius 3 is 2.43 bits per heavy atom. The highest BCUT2D eigenvalue weighted by molar-refractivity contribution is 9.10. The van der Waals surface area contributed by atoms with Crippen molar-refractivity contribution >= 4 is 27.7 Å². The molecule has 1 saturated carbocycles. The Morgan fingerprint density at radius 1 is 1.29 bits per heavy atom. The lowest BCUT2D eigenvalue weighted by Gasteiger charge is -2.36. The molecule has 0 aromatic carbocycles. The van der Waals surface area contributed by atoms with E-state index in [-0.39, 0.29) is 11.8 Å². The molecule has 1 aliphatic carbocycles. The van der Waals surface area contributed by atoms with Gasteiger partial charge in [0, 0.05) is 16.6 Å². The van der Waals surface area contributed by atoms with E-state index in [0.29, 0.717) is 11.2 Å². The molecule has 0 spiro atoms. The lowest BCUT2D eigenvalue weighted by molar-refractivity contribution is -0.121. The van der Waals surface area contributed by atoms with Crippen molar-refractivity contribution in [1.29, 1.82) is 0 Å². The highest BCUT2D eigenvalue weighted by atomic mass is 79.9. The third-order valence-corrected chi connectivity index (χ3v) is 5.45. The molecular weight excluding hydrogens is 328 g/mol. The largest absolute Gasteiger partial charge is 0.310 e. The molecule has 1 aliphatic rings. The molecule has 1 aromatic heterocycles. The lowest BCUT2D eigenvalue weighted by Crippen LogP contribution is -2.31. The fraction of sp³-hybridized carbons (Fsp3) is 0.647. The maximum atomic E-state index is 12.4. The molecule has 3 nitrogen and oxygen atoms in total. The van der Waals surface area contributed by atoms with Gasteiger partial charge in [0.1, 0.15) is 5.82 Å². The molecule has 1 amide bonds. The van der Waals surface area contributed by atoms with Crippen molar-refractivity contribution in [2.24, 2.45) is 17.3 Å². The number of hydrogen-bond donors (Lipinski definition) is 1. The van der Waals surface area contributed by atoms with Gasteiger partial charge in [-0.15, -0.1) is 0 Å². The van der Waals surface area contributed by atoms with Gasteiger partial charge in [-0.1, -0.05) is 20.8 Å². The molecule has 0 bridgehead atoms. The summed E-state index contributed by atoms with van der Waals surface area (Å²) in [5.41, 5.74) is 1.43. The average Bonchev–Trinajstić information content (AvgIpc) is 2.42. The first-order valence-corrected chi connectivity index (χ1v) is 8.49. The standard InChI is InChI=1S/C17H25BrN2O/c1-11-9-15(19-10-14(11)18)20-16(21)12-5-7-13(8-6-12)17(2,3)4/h9-10,12-13H,5-8H2,1-4H3,(H,19,20,21). The van der Waals surface area contributed by atoms with Crippen molar-refractivity contribution in [2.75, 3.05) is 5.32 Å². The first-order valence-electron chi connectivity index (χ1n) is 7.70. The summed E-state index contributed by atoms with van der Waals surface area (Å²) in [6.45, 7) is 8.89. The van der Waals surface area contributed by atoms with Crippen molar-refractivity contribution in [1.82, 2.24) is 4.98 Å². The van der Waals surface area contributed by atoms with Crippen molar-refractivity contribution in [2.45, 2.75) is 53.4 Å². The minimum atomic E-state index is 0.122. The van der Waals surface area contributed by atoms with Gasteiger partial charge in [-0.25, -0.2) is 4.98 Å². The Kier molecular flexibility index (Phi) is 5.07. The number of pyridine rings is 1. The summed E-state index contributed by atoms with van der Waals surface area (Å²) in [6.07, 6.45) is 6.01. The number of carbonyl (C=O) groups excluding carboxylic acids is 1. The summed E-state index contributed by atoms with van der Waals surface area (Å²) in [5, 5.41) is 2.96. The second-order valence-electron chi connectivity index (χ2n) is 7.22. The van der Waals surface area contributed by atoms with Crippen LogP contribution in [-0.2, 0) is 4.79 Å². The summed E-state index contributed by atoms with van der Waals surface area (Å²) in [5.74, 6) is 1.64. The zero-order chi connectivity index (χ0) is 15.6. The van der Waals surface area contributed by atoms with Crippen LogP contribution in [0.15, 0.2) is 16.7 Å². The van der Waals surface area contributed by atoms with Gasteiger partial charge in [-0.05, 0) is 71.5 Å². The molecular formula is C17H25BrN2O. The molecule has 2 rings (SSSR count).